The monoisotopic (exact) mass is 272 g/mol. The van der Waals surface area contributed by atoms with E-state index in [-0.39, 0.29) is 18.4 Å². The zero-order valence-corrected chi connectivity index (χ0v) is 11.4. The number of carbonyl (C=O) groups is 2. The molecule has 2 atom stereocenters. The van der Waals surface area contributed by atoms with E-state index < -0.39 is 17.9 Å². The molecule has 20 heavy (non-hydrogen) atoms. The van der Waals surface area contributed by atoms with Crippen LogP contribution in [0.25, 0.3) is 0 Å². The third-order valence-corrected chi connectivity index (χ3v) is 3.59. The van der Waals surface area contributed by atoms with Crippen molar-refractivity contribution >= 4 is 11.9 Å². The maximum Gasteiger partial charge on any atom is 0.309 e. The van der Waals surface area contributed by atoms with Crippen molar-refractivity contribution in [3.8, 4) is 6.07 Å². The summed E-state index contributed by atoms with van der Waals surface area (Å²) in [5, 5.41) is 18.3. The number of hydrogen-bond donors (Lipinski definition) is 1. The van der Waals surface area contributed by atoms with E-state index in [0.29, 0.717) is 11.1 Å². The number of likely N-dealkylation sites (tertiary alicyclic amines) is 1. The van der Waals surface area contributed by atoms with E-state index in [4.69, 9.17) is 5.26 Å². The summed E-state index contributed by atoms with van der Waals surface area (Å²) in [5.74, 6) is -1.90. The molecule has 2 rings (SSSR count). The quantitative estimate of drug-likeness (QED) is 0.911. The molecule has 0 aromatic heterocycles. The summed E-state index contributed by atoms with van der Waals surface area (Å²) in [6, 6.07) is 8.27. The van der Waals surface area contributed by atoms with Gasteiger partial charge in [-0.3, -0.25) is 9.59 Å². The number of aliphatic carboxylic acids is 1. The van der Waals surface area contributed by atoms with E-state index in [1.807, 2.05) is 19.9 Å². The Morgan fingerprint density at radius 2 is 2.20 bits per heavy atom. The van der Waals surface area contributed by atoms with Gasteiger partial charge in [0.25, 0.3) is 0 Å². The second-order valence-corrected chi connectivity index (χ2v) is 5.23. The fourth-order valence-corrected chi connectivity index (χ4v) is 2.77. The van der Waals surface area contributed by atoms with Gasteiger partial charge in [-0.25, -0.2) is 0 Å². The molecule has 0 spiro atoms. The Morgan fingerprint density at radius 1 is 1.50 bits per heavy atom. The topological polar surface area (TPSA) is 81.4 Å². The lowest BCUT2D eigenvalue weighted by Crippen LogP contribution is -2.36. The van der Waals surface area contributed by atoms with Crippen LogP contribution < -0.4 is 0 Å². The van der Waals surface area contributed by atoms with Crippen molar-refractivity contribution in [2.75, 3.05) is 0 Å². The standard InChI is InChI=1S/C15H16N2O3/c1-9(2)17-13(18)7-12(15(19)20)14(17)11-5-3-4-10(6-11)8-16/h3-6,9,12,14H,7H2,1-2H3,(H,19,20). The molecule has 1 aliphatic heterocycles. The molecule has 5 nitrogen and oxygen atoms in total. The first kappa shape index (κ1) is 14.1. The lowest BCUT2D eigenvalue weighted by Gasteiger charge is -2.30. The number of amides is 1. The molecular formula is C15H16N2O3. The Balaban J connectivity index is 2.49. The van der Waals surface area contributed by atoms with Gasteiger partial charge in [0.15, 0.2) is 0 Å². The Bertz CT molecular complexity index is 589. The van der Waals surface area contributed by atoms with Crippen LogP contribution in [-0.2, 0) is 9.59 Å². The molecule has 1 N–H and O–H groups in total. The predicted molar refractivity (Wildman–Crippen MR) is 71.6 cm³/mol. The molecule has 2 unspecified atom stereocenters. The number of hydrogen-bond acceptors (Lipinski definition) is 3. The molecule has 0 saturated carbocycles. The average molecular weight is 272 g/mol. The van der Waals surface area contributed by atoms with Gasteiger partial charge in [-0.05, 0) is 31.5 Å². The molecule has 5 heteroatoms. The second-order valence-electron chi connectivity index (χ2n) is 5.23. The Morgan fingerprint density at radius 3 is 2.75 bits per heavy atom. The first-order chi connectivity index (χ1) is 9.45. The van der Waals surface area contributed by atoms with Crippen LogP contribution in [0.2, 0.25) is 0 Å². The fraction of sp³-hybridized carbons (Fsp3) is 0.400. The number of carboxylic acids is 1. The minimum Gasteiger partial charge on any atom is -0.481 e. The molecule has 1 fully saturated rings. The minimum atomic E-state index is -0.978. The molecule has 104 valence electrons. The highest BCUT2D eigenvalue weighted by atomic mass is 16.4. The summed E-state index contributed by atoms with van der Waals surface area (Å²) in [4.78, 5) is 25.1. The zero-order valence-electron chi connectivity index (χ0n) is 11.4. The number of benzene rings is 1. The van der Waals surface area contributed by atoms with Crippen LogP contribution in [-0.4, -0.2) is 27.9 Å². The van der Waals surface area contributed by atoms with Crippen LogP contribution in [0, 0.1) is 17.2 Å². The molecule has 1 aliphatic rings. The van der Waals surface area contributed by atoms with E-state index in [0.717, 1.165) is 0 Å². The number of carbonyl (C=O) groups excluding carboxylic acids is 1. The Hall–Kier alpha value is -2.35. The van der Waals surface area contributed by atoms with Gasteiger partial charge < -0.3 is 10.0 Å². The number of rotatable bonds is 3. The molecule has 0 radical (unpaired) electrons. The van der Waals surface area contributed by atoms with Crippen LogP contribution in [0.5, 0.6) is 0 Å². The molecule has 1 heterocycles. The lowest BCUT2D eigenvalue weighted by molar-refractivity contribution is -0.142. The summed E-state index contributed by atoms with van der Waals surface area (Å²) in [6.07, 6.45) is 0.00889. The molecular weight excluding hydrogens is 256 g/mol. The van der Waals surface area contributed by atoms with Gasteiger partial charge in [0.05, 0.1) is 23.6 Å². The van der Waals surface area contributed by atoms with E-state index in [1.54, 1.807) is 29.2 Å². The van der Waals surface area contributed by atoms with Crippen molar-refractivity contribution in [1.29, 1.82) is 5.26 Å². The summed E-state index contributed by atoms with van der Waals surface area (Å²) in [7, 11) is 0. The van der Waals surface area contributed by atoms with Crippen molar-refractivity contribution in [3.05, 3.63) is 35.4 Å². The van der Waals surface area contributed by atoms with Gasteiger partial charge >= 0.3 is 5.97 Å². The van der Waals surface area contributed by atoms with Gasteiger partial charge in [0.2, 0.25) is 5.91 Å². The Kier molecular flexibility index (Phi) is 3.75. The third-order valence-electron chi connectivity index (χ3n) is 3.59. The fourth-order valence-electron chi connectivity index (χ4n) is 2.77. The van der Waals surface area contributed by atoms with E-state index in [9.17, 15) is 14.7 Å². The maximum absolute atomic E-state index is 12.1. The van der Waals surface area contributed by atoms with Crippen LogP contribution in [0.15, 0.2) is 24.3 Å². The average Bonchev–Trinajstić information content (AvgIpc) is 2.76. The van der Waals surface area contributed by atoms with Crippen LogP contribution in [0.4, 0.5) is 0 Å². The van der Waals surface area contributed by atoms with Crippen LogP contribution in [0.3, 0.4) is 0 Å². The molecule has 1 saturated heterocycles. The smallest absolute Gasteiger partial charge is 0.309 e. The first-order valence-electron chi connectivity index (χ1n) is 6.49. The van der Waals surface area contributed by atoms with Crippen molar-refractivity contribution < 1.29 is 14.7 Å². The number of nitriles is 1. The van der Waals surface area contributed by atoms with Crippen molar-refractivity contribution in [1.82, 2.24) is 4.90 Å². The van der Waals surface area contributed by atoms with Crippen molar-refractivity contribution in [3.63, 3.8) is 0 Å². The molecule has 0 bridgehead atoms. The highest BCUT2D eigenvalue weighted by Gasteiger charge is 2.45. The van der Waals surface area contributed by atoms with Gasteiger partial charge in [-0.2, -0.15) is 5.26 Å². The van der Waals surface area contributed by atoms with Crippen molar-refractivity contribution in [2.45, 2.75) is 32.4 Å². The second kappa shape index (κ2) is 5.33. The minimum absolute atomic E-state index is 0.00889. The largest absolute Gasteiger partial charge is 0.481 e. The van der Waals surface area contributed by atoms with Crippen LogP contribution >= 0.6 is 0 Å². The molecule has 0 aliphatic carbocycles. The molecule has 1 amide bonds. The SMILES string of the molecule is CC(C)N1C(=O)CC(C(=O)O)C1c1cccc(C#N)c1. The summed E-state index contributed by atoms with van der Waals surface area (Å²) >= 11 is 0. The molecule has 1 aromatic carbocycles. The van der Waals surface area contributed by atoms with Gasteiger partial charge in [0, 0.05) is 12.5 Å². The lowest BCUT2D eigenvalue weighted by atomic mass is 9.92. The third kappa shape index (κ3) is 2.37. The number of carboxylic acid groups (broad SMARTS) is 1. The Labute approximate surface area is 117 Å². The maximum atomic E-state index is 12.1. The predicted octanol–water partition coefficient (Wildman–Crippen LogP) is 1.94. The summed E-state index contributed by atoms with van der Waals surface area (Å²) < 4.78 is 0. The van der Waals surface area contributed by atoms with E-state index in [1.165, 1.54) is 0 Å². The zero-order chi connectivity index (χ0) is 14.9. The van der Waals surface area contributed by atoms with Gasteiger partial charge in [-0.1, -0.05) is 12.1 Å². The highest BCUT2D eigenvalue weighted by molar-refractivity contribution is 5.87. The van der Waals surface area contributed by atoms with E-state index in [2.05, 4.69) is 0 Å². The first-order valence-corrected chi connectivity index (χ1v) is 6.49. The normalized spacial score (nSPS) is 22.1. The number of nitrogens with zero attached hydrogens (tertiary/aromatic N) is 2. The van der Waals surface area contributed by atoms with E-state index >= 15 is 0 Å². The van der Waals surface area contributed by atoms with Crippen molar-refractivity contribution in [2.24, 2.45) is 5.92 Å². The van der Waals surface area contributed by atoms with Gasteiger partial charge in [0.1, 0.15) is 0 Å². The summed E-state index contributed by atoms with van der Waals surface area (Å²) in [6.45, 7) is 3.73. The summed E-state index contributed by atoms with van der Waals surface area (Å²) in [5.41, 5.74) is 1.17. The molecule has 1 aromatic rings. The van der Waals surface area contributed by atoms with Gasteiger partial charge in [-0.15, -0.1) is 0 Å². The van der Waals surface area contributed by atoms with Crippen LogP contribution in [0.1, 0.15) is 37.4 Å². The highest BCUT2D eigenvalue weighted by Crippen LogP contribution is 2.39.